The van der Waals surface area contributed by atoms with Crippen molar-refractivity contribution >= 4 is 11.7 Å². The number of carboxylic acid groups (broad SMARTS) is 1. The lowest BCUT2D eigenvalue weighted by atomic mass is 10.2. The van der Waals surface area contributed by atoms with Crippen LogP contribution in [-0.2, 0) is 0 Å². The molecule has 0 aromatic carbocycles. The molecular formula is C9H10N4O2. The van der Waals surface area contributed by atoms with Crippen molar-refractivity contribution in [1.29, 1.82) is 0 Å². The molecule has 2 rings (SSSR count). The predicted molar refractivity (Wildman–Crippen MR) is 51.8 cm³/mol. The third-order valence-electron chi connectivity index (χ3n) is 1.97. The molecule has 2 aromatic rings. The molecule has 0 aliphatic rings. The molecule has 0 atom stereocenters. The van der Waals surface area contributed by atoms with Crippen LogP contribution in [0.25, 0.3) is 5.78 Å². The minimum Gasteiger partial charge on any atom is -0.478 e. The Hall–Kier alpha value is -1.98. The zero-order valence-corrected chi connectivity index (χ0v) is 8.38. The first-order valence-electron chi connectivity index (χ1n) is 4.53. The number of rotatable bonds is 2. The van der Waals surface area contributed by atoms with Gasteiger partial charge in [0.25, 0.3) is 5.78 Å². The zero-order valence-electron chi connectivity index (χ0n) is 8.38. The second-order valence-electron chi connectivity index (χ2n) is 3.52. The number of carboxylic acids is 1. The summed E-state index contributed by atoms with van der Waals surface area (Å²) >= 11 is 0. The van der Waals surface area contributed by atoms with Gasteiger partial charge in [-0.1, -0.05) is 13.8 Å². The van der Waals surface area contributed by atoms with Gasteiger partial charge in [-0.2, -0.15) is 4.98 Å². The molecule has 2 heterocycles. The Morgan fingerprint density at radius 1 is 1.53 bits per heavy atom. The molecule has 0 amide bonds. The van der Waals surface area contributed by atoms with Crippen molar-refractivity contribution in [2.45, 2.75) is 19.8 Å². The normalized spacial score (nSPS) is 11.1. The molecule has 1 N–H and O–H groups in total. The van der Waals surface area contributed by atoms with Gasteiger partial charge in [0.1, 0.15) is 0 Å². The highest BCUT2D eigenvalue weighted by molar-refractivity contribution is 5.86. The Labute approximate surface area is 85.6 Å². The van der Waals surface area contributed by atoms with Gasteiger partial charge in [-0.15, -0.1) is 5.10 Å². The Morgan fingerprint density at radius 2 is 2.27 bits per heavy atom. The van der Waals surface area contributed by atoms with Gasteiger partial charge in [0.2, 0.25) is 0 Å². The van der Waals surface area contributed by atoms with Crippen molar-refractivity contribution in [3.63, 3.8) is 0 Å². The second-order valence-corrected chi connectivity index (χ2v) is 3.52. The van der Waals surface area contributed by atoms with E-state index >= 15 is 0 Å². The summed E-state index contributed by atoms with van der Waals surface area (Å²) in [5, 5.41) is 12.9. The molecule has 0 unspecified atom stereocenters. The fraction of sp³-hybridized carbons (Fsp3) is 0.333. The summed E-state index contributed by atoms with van der Waals surface area (Å²) in [6.07, 6.45) is 2.68. The minimum atomic E-state index is -1.02. The molecule has 0 fully saturated rings. The lowest BCUT2D eigenvalue weighted by molar-refractivity contribution is 0.0695. The van der Waals surface area contributed by atoms with Crippen molar-refractivity contribution in [3.05, 3.63) is 23.8 Å². The summed E-state index contributed by atoms with van der Waals surface area (Å²) in [5.41, 5.74) is 0.0997. The molecule has 78 valence electrons. The van der Waals surface area contributed by atoms with Crippen LogP contribution in [0.4, 0.5) is 0 Å². The third kappa shape index (κ3) is 1.65. The van der Waals surface area contributed by atoms with Crippen molar-refractivity contribution in [2.75, 3.05) is 0 Å². The Balaban J connectivity index is 2.57. The number of hydrogen-bond donors (Lipinski definition) is 1. The summed E-state index contributed by atoms with van der Waals surface area (Å²) in [5.74, 6) is 0.250. The first-order valence-corrected chi connectivity index (χ1v) is 4.53. The highest BCUT2D eigenvalue weighted by atomic mass is 16.4. The number of aromatic nitrogens is 4. The summed E-state index contributed by atoms with van der Waals surface area (Å²) in [6.45, 7) is 3.93. The van der Waals surface area contributed by atoms with Gasteiger partial charge in [0.15, 0.2) is 5.82 Å². The van der Waals surface area contributed by atoms with Gasteiger partial charge in [0, 0.05) is 18.3 Å². The molecule has 0 spiro atoms. The number of aromatic carboxylic acids is 1. The van der Waals surface area contributed by atoms with Crippen LogP contribution in [0.3, 0.4) is 0 Å². The Morgan fingerprint density at radius 3 is 2.87 bits per heavy atom. The molecular weight excluding hydrogens is 196 g/mol. The van der Waals surface area contributed by atoms with Crippen LogP contribution >= 0.6 is 0 Å². The quantitative estimate of drug-likeness (QED) is 0.791. The van der Waals surface area contributed by atoms with Crippen molar-refractivity contribution < 1.29 is 9.90 Å². The molecule has 0 saturated heterocycles. The molecule has 6 nitrogen and oxygen atoms in total. The zero-order chi connectivity index (χ0) is 11.0. The maximum atomic E-state index is 10.7. The van der Waals surface area contributed by atoms with Crippen LogP contribution in [0, 0.1) is 0 Å². The second kappa shape index (κ2) is 3.30. The van der Waals surface area contributed by atoms with Crippen molar-refractivity contribution in [3.8, 4) is 0 Å². The van der Waals surface area contributed by atoms with E-state index in [1.54, 1.807) is 0 Å². The van der Waals surface area contributed by atoms with Crippen LogP contribution in [-0.4, -0.2) is 30.7 Å². The van der Waals surface area contributed by atoms with Gasteiger partial charge < -0.3 is 5.11 Å². The molecule has 0 aliphatic heterocycles. The minimum absolute atomic E-state index is 0.0997. The van der Waals surface area contributed by atoms with Crippen LogP contribution in [0.2, 0.25) is 0 Å². The maximum absolute atomic E-state index is 10.7. The molecule has 15 heavy (non-hydrogen) atoms. The van der Waals surface area contributed by atoms with Gasteiger partial charge in [-0.3, -0.25) is 0 Å². The van der Waals surface area contributed by atoms with E-state index in [1.807, 2.05) is 13.8 Å². The van der Waals surface area contributed by atoms with Crippen LogP contribution in [0.1, 0.15) is 35.9 Å². The van der Waals surface area contributed by atoms with Gasteiger partial charge in [-0.05, 0) is 0 Å². The van der Waals surface area contributed by atoms with E-state index < -0.39 is 5.97 Å². The molecule has 0 bridgehead atoms. The maximum Gasteiger partial charge on any atom is 0.338 e. The smallest absolute Gasteiger partial charge is 0.338 e. The first kappa shape index (κ1) is 9.57. The molecule has 2 aromatic heterocycles. The lowest BCUT2D eigenvalue weighted by Gasteiger charge is -1.93. The molecule has 0 aliphatic carbocycles. The van der Waals surface area contributed by atoms with Crippen LogP contribution < -0.4 is 0 Å². The van der Waals surface area contributed by atoms with E-state index in [4.69, 9.17) is 5.11 Å². The Kier molecular flexibility index (Phi) is 2.11. The largest absolute Gasteiger partial charge is 0.478 e. The first-order chi connectivity index (χ1) is 7.08. The molecule has 0 saturated carbocycles. The van der Waals surface area contributed by atoms with Crippen molar-refractivity contribution in [1.82, 2.24) is 19.6 Å². The predicted octanol–water partition coefficient (Wildman–Crippen LogP) is 0.946. The summed E-state index contributed by atoms with van der Waals surface area (Å²) in [6, 6.07) is 0. The van der Waals surface area contributed by atoms with E-state index in [2.05, 4.69) is 15.1 Å². The van der Waals surface area contributed by atoms with Gasteiger partial charge in [-0.25, -0.2) is 14.3 Å². The molecule has 6 heteroatoms. The summed E-state index contributed by atoms with van der Waals surface area (Å²) in [7, 11) is 0. The van der Waals surface area contributed by atoms with E-state index in [0.29, 0.717) is 11.6 Å². The average molecular weight is 206 g/mol. The van der Waals surface area contributed by atoms with E-state index in [-0.39, 0.29) is 11.5 Å². The summed E-state index contributed by atoms with van der Waals surface area (Å²) < 4.78 is 1.39. The van der Waals surface area contributed by atoms with Crippen molar-refractivity contribution in [2.24, 2.45) is 0 Å². The van der Waals surface area contributed by atoms with Crippen LogP contribution in [0.5, 0.6) is 0 Å². The standard InChI is InChI=1S/C9H10N4O2/c1-5(2)7-11-9-10-3-6(8(14)15)4-13(9)12-7/h3-5H,1-2H3,(H,14,15). The van der Waals surface area contributed by atoms with Crippen LogP contribution in [0.15, 0.2) is 12.4 Å². The lowest BCUT2D eigenvalue weighted by Crippen LogP contribution is -2.01. The average Bonchev–Trinajstić information content (AvgIpc) is 2.59. The van der Waals surface area contributed by atoms with E-state index in [0.717, 1.165) is 0 Å². The highest BCUT2D eigenvalue weighted by Gasteiger charge is 2.10. The number of nitrogens with zero attached hydrogens (tertiary/aromatic N) is 4. The van der Waals surface area contributed by atoms with E-state index in [1.165, 1.54) is 16.9 Å². The monoisotopic (exact) mass is 206 g/mol. The fourth-order valence-electron chi connectivity index (χ4n) is 1.15. The number of fused-ring (bicyclic) bond motifs is 1. The molecule has 0 radical (unpaired) electrons. The Bertz CT molecular complexity index is 518. The summed E-state index contributed by atoms with van der Waals surface area (Å²) in [4.78, 5) is 18.8. The topological polar surface area (TPSA) is 80.4 Å². The third-order valence-corrected chi connectivity index (χ3v) is 1.97. The number of carbonyl (C=O) groups is 1. The fourth-order valence-corrected chi connectivity index (χ4v) is 1.15. The highest BCUT2D eigenvalue weighted by Crippen LogP contribution is 2.10. The number of hydrogen-bond acceptors (Lipinski definition) is 4. The van der Waals surface area contributed by atoms with Gasteiger partial charge in [0.05, 0.1) is 5.56 Å². The SMILES string of the molecule is CC(C)c1nc2ncc(C(=O)O)cn2n1. The van der Waals surface area contributed by atoms with Gasteiger partial charge >= 0.3 is 5.97 Å². The van der Waals surface area contributed by atoms with E-state index in [9.17, 15) is 4.79 Å².